The predicted octanol–water partition coefficient (Wildman–Crippen LogP) is 3.35. The second kappa shape index (κ2) is 6.66. The van der Waals surface area contributed by atoms with Gasteiger partial charge in [-0.2, -0.15) is 0 Å². The van der Waals surface area contributed by atoms with Crippen LogP contribution in [0.5, 0.6) is 0 Å². The molecule has 1 amide bonds. The van der Waals surface area contributed by atoms with Crippen molar-refractivity contribution in [2.45, 2.75) is 57.5 Å². The van der Waals surface area contributed by atoms with E-state index in [1.165, 1.54) is 38.6 Å². The van der Waals surface area contributed by atoms with E-state index in [1.807, 2.05) is 25.1 Å². The fraction of sp³-hybridized carbons (Fsp3) is 0.526. The SMILES string of the molecule is CC(C(N)=O)=C(CC1CCCN1C1CCC1)c1ccccc1. The monoisotopic (exact) mass is 298 g/mol. The highest BCUT2D eigenvalue weighted by Crippen LogP contribution is 2.36. The third-order valence-electron chi connectivity index (χ3n) is 5.35. The molecule has 1 aromatic carbocycles. The largest absolute Gasteiger partial charge is 0.366 e. The lowest BCUT2D eigenvalue weighted by Gasteiger charge is -2.39. The molecule has 118 valence electrons. The Kier molecular flexibility index (Phi) is 4.63. The van der Waals surface area contributed by atoms with Crippen molar-refractivity contribution in [1.82, 2.24) is 4.90 Å². The summed E-state index contributed by atoms with van der Waals surface area (Å²) < 4.78 is 0. The minimum absolute atomic E-state index is 0.299. The van der Waals surface area contributed by atoms with Gasteiger partial charge in [0.05, 0.1) is 0 Å². The maximum atomic E-state index is 11.7. The number of hydrogen-bond acceptors (Lipinski definition) is 2. The number of likely N-dealkylation sites (tertiary alicyclic amines) is 1. The lowest BCUT2D eigenvalue weighted by Crippen LogP contribution is -2.43. The van der Waals surface area contributed by atoms with Gasteiger partial charge in [0, 0.05) is 17.7 Å². The molecule has 1 unspecified atom stereocenters. The highest BCUT2D eigenvalue weighted by Gasteiger charge is 2.34. The Bertz CT molecular complexity index is 560. The topological polar surface area (TPSA) is 46.3 Å². The van der Waals surface area contributed by atoms with Crippen LogP contribution in [0.1, 0.15) is 51.0 Å². The van der Waals surface area contributed by atoms with Gasteiger partial charge in [-0.1, -0.05) is 36.8 Å². The van der Waals surface area contributed by atoms with Gasteiger partial charge in [0.2, 0.25) is 5.91 Å². The van der Waals surface area contributed by atoms with Crippen molar-refractivity contribution in [2.75, 3.05) is 6.54 Å². The van der Waals surface area contributed by atoms with E-state index in [0.717, 1.165) is 23.6 Å². The lowest BCUT2D eigenvalue weighted by atomic mass is 9.88. The van der Waals surface area contributed by atoms with Gasteiger partial charge in [0.1, 0.15) is 0 Å². The number of nitrogens with zero attached hydrogens (tertiary/aromatic N) is 1. The molecule has 2 fully saturated rings. The maximum absolute atomic E-state index is 11.7. The molecule has 0 radical (unpaired) electrons. The molecule has 0 spiro atoms. The molecule has 3 rings (SSSR count). The molecule has 1 heterocycles. The highest BCUT2D eigenvalue weighted by molar-refractivity contribution is 5.99. The van der Waals surface area contributed by atoms with E-state index in [0.29, 0.717) is 11.6 Å². The summed E-state index contributed by atoms with van der Waals surface area (Å²) in [6.45, 7) is 3.08. The quantitative estimate of drug-likeness (QED) is 0.847. The number of benzene rings is 1. The van der Waals surface area contributed by atoms with Gasteiger partial charge in [-0.05, 0) is 56.7 Å². The Labute approximate surface area is 133 Å². The molecule has 0 bridgehead atoms. The van der Waals surface area contributed by atoms with Crippen LogP contribution in [0.2, 0.25) is 0 Å². The zero-order chi connectivity index (χ0) is 15.5. The molecular formula is C19H26N2O. The molecule has 1 aliphatic carbocycles. The van der Waals surface area contributed by atoms with Crippen molar-refractivity contribution in [3.05, 3.63) is 41.5 Å². The molecule has 3 nitrogen and oxygen atoms in total. The molecule has 1 atom stereocenters. The van der Waals surface area contributed by atoms with Gasteiger partial charge < -0.3 is 5.73 Å². The number of amides is 1. The average molecular weight is 298 g/mol. The van der Waals surface area contributed by atoms with Gasteiger partial charge in [-0.25, -0.2) is 0 Å². The van der Waals surface area contributed by atoms with E-state index < -0.39 is 0 Å². The summed E-state index contributed by atoms with van der Waals surface area (Å²) in [5, 5.41) is 0. The van der Waals surface area contributed by atoms with Crippen molar-refractivity contribution >= 4 is 11.5 Å². The van der Waals surface area contributed by atoms with Crippen LogP contribution in [0, 0.1) is 0 Å². The third-order valence-corrected chi connectivity index (χ3v) is 5.35. The van der Waals surface area contributed by atoms with Gasteiger partial charge in [0.25, 0.3) is 0 Å². The smallest absolute Gasteiger partial charge is 0.244 e. The van der Waals surface area contributed by atoms with E-state index in [4.69, 9.17) is 5.73 Å². The van der Waals surface area contributed by atoms with Gasteiger partial charge >= 0.3 is 0 Å². The molecule has 1 aliphatic heterocycles. The summed E-state index contributed by atoms with van der Waals surface area (Å²) in [6.07, 6.45) is 7.51. The zero-order valence-electron chi connectivity index (χ0n) is 13.4. The summed E-state index contributed by atoms with van der Waals surface area (Å²) in [4.78, 5) is 14.4. The molecule has 1 aromatic rings. The summed E-state index contributed by atoms with van der Waals surface area (Å²) in [7, 11) is 0. The van der Waals surface area contributed by atoms with E-state index in [1.54, 1.807) is 0 Å². The fourth-order valence-electron chi connectivity index (χ4n) is 3.79. The van der Waals surface area contributed by atoms with Crippen LogP contribution in [-0.2, 0) is 4.79 Å². The number of carbonyl (C=O) groups is 1. The van der Waals surface area contributed by atoms with Crippen LogP contribution >= 0.6 is 0 Å². The second-order valence-corrected chi connectivity index (χ2v) is 6.66. The molecule has 0 aromatic heterocycles. The van der Waals surface area contributed by atoms with Crippen LogP contribution in [0.15, 0.2) is 35.9 Å². The Morgan fingerprint density at radius 3 is 2.50 bits per heavy atom. The molecule has 2 N–H and O–H groups in total. The zero-order valence-corrected chi connectivity index (χ0v) is 13.4. The first-order valence-electron chi connectivity index (χ1n) is 8.47. The molecule has 2 aliphatic rings. The number of primary amides is 1. The number of carbonyl (C=O) groups excluding carboxylic acids is 1. The Hall–Kier alpha value is -1.61. The standard InChI is InChI=1S/C19H26N2O/c1-14(19(20)22)18(15-7-3-2-4-8-15)13-17-11-6-12-21(17)16-9-5-10-16/h2-4,7-8,16-17H,5-6,9-13H2,1H3,(H2,20,22). The summed E-state index contributed by atoms with van der Waals surface area (Å²) in [6, 6.07) is 11.6. The maximum Gasteiger partial charge on any atom is 0.244 e. The number of rotatable bonds is 5. The summed E-state index contributed by atoms with van der Waals surface area (Å²) >= 11 is 0. The normalized spacial score (nSPS) is 24.0. The Morgan fingerprint density at radius 2 is 1.91 bits per heavy atom. The van der Waals surface area contributed by atoms with Crippen LogP contribution in [0.3, 0.4) is 0 Å². The Morgan fingerprint density at radius 1 is 1.18 bits per heavy atom. The van der Waals surface area contributed by atoms with Crippen molar-refractivity contribution in [3.63, 3.8) is 0 Å². The van der Waals surface area contributed by atoms with Gasteiger partial charge in [-0.15, -0.1) is 0 Å². The first-order valence-corrected chi connectivity index (χ1v) is 8.47. The molecular weight excluding hydrogens is 272 g/mol. The average Bonchev–Trinajstić information content (AvgIpc) is 2.91. The van der Waals surface area contributed by atoms with Crippen molar-refractivity contribution in [3.8, 4) is 0 Å². The van der Waals surface area contributed by atoms with Crippen LogP contribution in [-0.4, -0.2) is 29.4 Å². The van der Waals surface area contributed by atoms with E-state index >= 15 is 0 Å². The summed E-state index contributed by atoms with van der Waals surface area (Å²) in [5.74, 6) is -0.299. The van der Waals surface area contributed by atoms with Crippen molar-refractivity contribution in [2.24, 2.45) is 5.73 Å². The van der Waals surface area contributed by atoms with Crippen molar-refractivity contribution in [1.29, 1.82) is 0 Å². The molecule has 1 saturated heterocycles. The lowest BCUT2D eigenvalue weighted by molar-refractivity contribution is -0.114. The first kappa shape index (κ1) is 15.3. The number of nitrogens with two attached hydrogens (primary N) is 1. The van der Waals surface area contributed by atoms with Crippen LogP contribution in [0.25, 0.3) is 5.57 Å². The number of hydrogen-bond donors (Lipinski definition) is 1. The van der Waals surface area contributed by atoms with Gasteiger partial charge in [0.15, 0.2) is 0 Å². The molecule has 1 saturated carbocycles. The minimum Gasteiger partial charge on any atom is -0.366 e. The first-order chi connectivity index (χ1) is 10.7. The molecule has 22 heavy (non-hydrogen) atoms. The molecule has 3 heteroatoms. The van der Waals surface area contributed by atoms with Crippen molar-refractivity contribution < 1.29 is 4.79 Å². The third kappa shape index (κ3) is 3.09. The highest BCUT2D eigenvalue weighted by atomic mass is 16.1. The van der Waals surface area contributed by atoms with E-state index in [9.17, 15) is 4.79 Å². The summed E-state index contributed by atoms with van der Waals surface area (Å²) in [5.41, 5.74) is 8.55. The predicted molar refractivity (Wildman–Crippen MR) is 90.2 cm³/mol. The van der Waals surface area contributed by atoms with Crippen LogP contribution < -0.4 is 5.73 Å². The van der Waals surface area contributed by atoms with E-state index in [-0.39, 0.29) is 5.91 Å². The fourth-order valence-corrected chi connectivity index (χ4v) is 3.79. The van der Waals surface area contributed by atoms with E-state index in [2.05, 4.69) is 17.0 Å². The second-order valence-electron chi connectivity index (χ2n) is 6.66. The van der Waals surface area contributed by atoms with Crippen LogP contribution in [0.4, 0.5) is 0 Å². The Balaban J connectivity index is 1.84. The van der Waals surface area contributed by atoms with Gasteiger partial charge in [-0.3, -0.25) is 9.69 Å². The minimum atomic E-state index is -0.299.